The van der Waals surface area contributed by atoms with Crippen LogP contribution in [0, 0.1) is 23.5 Å². The van der Waals surface area contributed by atoms with Crippen molar-refractivity contribution < 1.29 is 26.8 Å². The Morgan fingerprint density at radius 1 is 1.02 bits per heavy atom. The Kier molecular flexibility index (Phi) is 11.8. The van der Waals surface area contributed by atoms with Crippen molar-refractivity contribution in [2.75, 3.05) is 18.8 Å². The molecule has 0 spiro atoms. The number of carbonyl (C=O) groups excluding carboxylic acids is 2. The van der Waals surface area contributed by atoms with Crippen LogP contribution in [0.4, 0.5) is 8.78 Å². The molecule has 4 N–H and O–H groups in total. The van der Waals surface area contributed by atoms with Crippen molar-refractivity contribution >= 4 is 21.8 Å². The van der Waals surface area contributed by atoms with E-state index in [-0.39, 0.29) is 30.0 Å². The highest BCUT2D eigenvalue weighted by molar-refractivity contribution is 7.89. The highest BCUT2D eigenvalue weighted by Gasteiger charge is 2.49. The molecule has 0 radical (unpaired) electrons. The molecule has 0 bridgehead atoms. The van der Waals surface area contributed by atoms with E-state index < -0.39 is 51.4 Å². The number of amides is 2. The minimum Gasteiger partial charge on any atom is -0.349 e. The predicted molar refractivity (Wildman–Crippen MR) is 174 cm³/mol. The van der Waals surface area contributed by atoms with E-state index in [1.807, 2.05) is 13.8 Å². The van der Waals surface area contributed by atoms with Crippen LogP contribution in [0.1, 0.15) is 115 Å². The van der Waals surface area contributed by atoms with Crippen molar-refractivity contribution in [3.63, 3.8) is 0 Å². The molecule has 4 fully saturated rings. The lowest BCUT2D eigenvalue weighted by molar-refractivity contribution is -0.137. The molecule has 1 aromatic rings. The Hall–Kier alpha value is -2.15. The zero-order chi connectivity index (χ0) is 32.9. The lowest BCUT2D eigenvalue weighted by Gasteiger charge is -2.44. The third-order valence-electron chi connectivity index (χ3n) is 10.8. The largest absolute Gasteiger partial charge is 0.349 e. The summed E-state index contributed by atoms with van der Waals surface area (Å²) in [6.45, 7) is 4.85. The lowest BCUT2D eigenvalue weighted by Crippen LogP contribution is -2.68. The highest BCUT2D eigenvalue weighted by Crippen LogP contribution is 2.38. The normalized spacial score (nSPS) is 27.9. The molecule has 4 aliphatic rings. The zero-order valence-electron chi connectivity index (χ0n) is 27.5. The Balaban J connectivity index is 1.37. The van der Waals surface area contributed by atoms with Gasteiger partial charge in [0.05, 0.1) is 23.9 Å². The van der Waals surface area contributed by atoms with Gasteiger partial charge in [0.2, 0.25) is 21.8 Å². The van der Waals surface area contributed by atoms with E-state index in [1.165, 1.54) is 18.6 Å². The molecular formula is C34H53F2N5O4S. The second-order valence-electron chi connectivity index (χ2n) is 14.2. The molecule has 258 valence electrons. The highest BCUT2D eigenvalue weighted by atomic mass is 32.2. The fraction of sp³-hybridized carbons (Fsp3) is 0.765. The molecule has 2 aliphatic heterocycles. The summed E-state index contributed by atoms with van der Waals surface area (Å²) in [5, 5.41) is 10.3. The number of nitrogens with one attached hydrogen (secondary N) is 4. The van der Waals surface area contributed by atoms with Crippen LogP contribution in [0.15, 0.2) is 18.2 Å². The number of halogens is 2. The smallest absolute Gasteiger partial charge is 0.239 e. The minimum absolute atomic E-state index is 0.0358. The van der Waals surface area contributed by atoms with Crippen LogP contribution in [0.3, 0.4) is 0 Å². The van der Waals surface area contributed by atoms with Crippen molar-refractivity contribution in [3.8, 4) is 0 Å². The molecule has 1 aromatic carbocycles. The summed E-state index contributed by atoms with van der Waals surface area (Å²) < 4.78 is 57.6. The van der Waals surface area contributed by atoms with E-state index >= 15 is 0 Å². The number of hydrogen-bond acceptors (Lipinski definition) is 6. The second-order valence-corrected chi connectivity index (χ2v) is 16.1. The number of carbonyl (C=O) groups is 2. The molecule has 2 aliphatic carbocycles. The molecule has 9 nitrogen and oxygen atoms in total. The summed E-state index contributed by atoms with van der Waals surface area (Å²) >= 11 is 0. The first-order valence-corrected chi connectivity index (χ1v) is 19.2. The van der Waals surface area contributed by atoms with Gasteiger partial charge in [-0.05, 0) is 70.3 Å². The number of hydrogen-bond donors (Lipinski definition) is 4. The summed E-state index contributed by atoms with van der Waals surface area (Å²) in [5.74, 6) is -1.63. The third kappa shape index (κ3) is 8.85. The molecule has 2 unspecified atom stereocenters. The number of likely N-dealkylation sites (tertiary alicyclic amines) is 1. The van der Waals surface area contributed by atoms with E-state index in [1.54, 1.807) is 4.90 Å². The van der Waals surface area contributed by atoms with E-state index in [2.05, 4.69) is 20.7 Å². The van der Waals surface area contributed by atoms with Gasteiger partial charge >= 0.3 is 0 Å². The van der Waals surface area contributed by atoms with E-state index in [9.17, 15) is 26.8 Å². The number of piperidine rings is 1. The molecule has 2 amide bonds. The monoisotopic (exact) mass is 665 g/mol. The fourth-order valence-corrected chi connectivity index (χ4v) is 9.20. The fourth-order valence-electron chi connectivity index (χ4n) is 7.82. The summed E-state index contributed by atoms with van der Waals surface area (Å²) in [7, 11) is -3.81. The lowest BCUT2D eigenvalue weighted by atomic mass is 9.78. The van der Waals surface area contributed by atoms with Gasteiger partial charge in [0, 0.05) is 36.8 Å². The standard InChI is InChI=1S/C34H53F2N5O4S/c1-23-10-8-9-18-41(23)32(42)21-30(40-46(44,45)19-17-25-13-14-25)33(43)38-24(2)34(26-11-6-4-3-5-7-12-26)37-22-31(39-34)28-16-15-27(35)20-29(28)36/h15-16,20,23-26,30-31,37,39-40H,3-14,17-19,21-22H2,1-2H3,(H,38,43)/t23-,24-,30-,31?,34?/m0/s1. The van der Waals surface area contributed by atoms with Gasteiger partial charge in [0.1, 0.15) is 17.7 Å². The maximum atomic E-state index is 14.9. The maximum Gasteiger partial charge on any atom is 0.239 e. The van der Waals surface area contributed by atoms with Crippen LogP contribution in [-0.4, -0.2) is 67.8 Å². The van der Waals surface area contributed by atoms with Crippen molar-refractivity contribution in [1.29, 1.82) is 0 Å². The number of sulfonamides is 1. The van der Waals surface area contributed by atoms with Gasteiger partial charge in [-0.2, -0.15) is 0 Å². The van der Waals surface area contributed by atoms with Crippen molar-refractivity contribution in [1.82, 2.24) is 25.6 Å². The number of benzene rings is 1. The van der Waals surface area contributed by atoms with E-state index in [0.717, 1.165) is 76.7 Å². The molecule has 46 heavy (non-hydrogen) atoms. The van der Waals surface area contributed by atoms with E-state index in [0.29, 0.717) is 31.0 Å². The first-order chi connectivity index (χ1) is 22.0. The molecule has 2 saturated heterocycles. The summed E-state index contributed by atoms with van der Waals surface area (Å²) in [5.41, 5.74) is -0.470. The van der Waals surface area contributed by atoms with Crippen LogP contribution in [0.2, 0.25) is 0 Å². The molecule has 5 rings (SSSR count). The predicted octanol–water partition coefficient (Wildman–Crippen LogP) is 4.64. The summed E-state index contributed by atoms with van der Waals surface area (Å²) in [4.78, 5) is 29.3. The first kappa shape index (κ1) is 35.2. The molecule has 12 heteroatoms. The van der Waals surface area contributed by atoms with Crippen molar-refractivity contribution in [3.05, 3.63) is 35.4 Å². The minimum atomic E-state index is -3.81. The molecule has 2 heterocycles. The maximum absolute atomic E-state index is 14.9. The Bertz CT molecular complexity index is 1320. The van der Waals surface area contributed by atoms with Crippen molar-refractivity contribution in [2.45, 2.75) is 134 Å². The van der Waals surface area contributed by atoms with E-state index in [4.69, 9.17) is 0 Å². The van der Waals surface area contributed by atoms with Crippen LogP contribution in [-0.2, 0) is 19.6 Å². The zero-order valence-corrected chi connectivity index (χ0v) is 28.3. The first-order valence-electron chi connectivity index (χ1n) is 17.5. The van der Waals surface area contributed by atoms with Crippen LogP contribution < -0.4 is 20.7 Å². The van der Waals surface area contributed by atoms with Crippen molar-refractivity contribution in [2.24, 2.45) is 11.8 Å². The molecular weight excluding hydrogens is 612 g/mol. The van der Waals surface area contributed by atoms with Gasteiger partial charge in [-0.15, -0.1) is 0 Å². The summed E-state index contributed by atoms with van der Waals surface area (Å²) in [6.07, 6.45) is 12.4. The Labute approximate surface area is 273 Å². The third-order valence-corrected chi connectivity index (χ3v) is 12.2. The van der Waals surface area contributed by atoms with Gasteiger partial charge in [-0.3, -0.25) is 20.2 Å². The van der Waals surface area contributed by atoms with Gasteiger partial charge in [-0.1, -0.05) is 51.0 Å². The SMILES string of the molecule is C[C@H](NC(=O)[C@H](CC(=O)N1CCCC[C@@H]1C)NS(=O)(=O)CCC1CC1)C1(C2CCCCCCC2)NCC(c2ccc(F)cc2F)N1. The van der Waals surface area contributed by atoms with Gasteiger partial charge < -0.3 is 10.2 Å². The molecule has 5 atom stereocenters. The van der Waals surface area contributed by atoms with Crippen LogP contribution in [0.5, 0.6) is 0 Å². The average Bonchev–Trinajstić information content (AvgIpc) is 3.72. The number of rotatable bonds is 12. The number of nitrogens with zero attached hydrogens (tertiary/aromatic N) is 1. The van der Waals surface area contributed by atoms with Crippen LogP contribution >= 0.6 is 0 Å². The quantitative estimate of drug-likeness (QED) is 0.259. The molecule has 2 saturated carbocycles. The Morgan fingerprint density at radius 3 is 2.39 bits per heavy atom. The average molecular weight is 666 g/mol. The summed E-state index contributed by atoms with van der Waals surface area (Å²) in [6, 6.07) is 1.38. The van der Waals surface area contributed by atoms with Gasteiger partial charge in [0.15, 0.2) is 0 Å². The second kappa shape index (κ2) is 15.4. The van der Waals surface area contributed by atoms with Gasteiger partial charge in [0.25, 0.3) is 0 Å². The Morgan fingerprint density at radius 2 is 1.72 bits per heavy atom. The topological polar surface area (TPSA) is 120 Å². The van der Waals surface area contributed by atoms with Crippen LogP contribution in [0.25, 0.3) is 0 Å². The molecule has 0 aromatic heterocycles. The van der Waals surface area contributed by atoms with Gasteiger partial charge in [-0.25, -0.2) is 21.9 Å².